The number of anilines is 1. The number of aryl methyl sites for hydroxylation is 1. The number of carbonyl (C=O) groups is 1. The molecule has 1 atom stereocenters. The predicted octanol–water partition coefficient (Wildman–Crippen LogP) is 7.18. The van der Waals surface area contributed by atoms with E-state index in [-0.39, 0.29) is 17.5 Å². The zero-order chi connectivity index (χ0) is 22.8. The van der Waals surface area contributed by atoms with Gasteiger partial charge in [-0.1, -0.05) is 32.3 Å². The van der Waals surface area contributed by atoms with Crippen molar-refractivity contribution < 1.29 is 18.7 Å². The Labute approximate surface area is 187 Å². The van der Waals surface area contributed by atoms with Gasteiger partial charge in [-0.3, -0.25) is 4.79 Å². The number of carbonyl (C=O) groups excluding carboxylic acids is 1. The summed E-state index contributed by atoms with van der Waals surface area (Å²) in [5.74, 6) is -0.966. The van der Waals surface area contributed by atoms with E-state index in [2.05, 4.69) is 6.92 Å². The summed E-state index contributed by atoms with van der Waals surface area (Å²) in [6.07, 6.45) is 4.92. The Kier molecular flexibility index (Phi) is 6.26. The Morgan fingerprint density at radius 2 is 1.66 bits per heavy atom. The minimum atomic E-state index is -0.482. The first-order valence-corrected chi connectivity index (χ1v) is 11.2. The Morgan fingerprint density at radius 1 is 0.938 bits per heavy atom. The van der Waals surface area contributed by atoms with Crippen LogP contribution in [0.1, 0.15) is 67.1 Å². The van der Waals surface area contributed by atoms with E-state index < -0.39 is 11.9 Å². The van der Waals surface area contributed by atoms with E-state index >= 15 is 0 Å². The summed E-state index contributed by atoms with van der Waals surface area (Å²) >= 11 is 0. The van der Waals surface area contributed by atoms with Gasteiger partial charge in [-0.15, -0.1) is 0 Å². The van der Waals surface area contributed by atoms with Crippen LogP contribution in [0, 0.1) is 11.6 Å². The second-order valence-electron chi connectivity index (χ2n) is 8.40. The average Bonchev–Trinajstić information content (AvgIpc) is 2.78. The molecule has 32 heavy (non-hydrogen) atoms. The largest absolute Gasteiger partial charge is 0.508 e. The minimum Gasteiger partial charge on any atom is -0.508 e. The third kappa shape index (κ3) is 4.12. The fraction of sp³-hybridized carbons (Fsp3) is 0.296. The molecule has 1 amide bonds. The third-order valence-electron chi connectivity index (χ3n) is 6.21. The lowest BCUT2D eigenvalue weighted by Crippen LogP contribution is -2.36. The molecule has 1 aliphatic rings. The maximum Gasteiger partial charge on any atom is 0.258 e. The minimum absolute atomic E-state index is 0.170. The highest BCUT2D eigenvalue weighted by atomic mass is 19.1. The first-order valence-electron chi connectivity index (χ1n) is 11.2. The van der Waals surface area contributed by atoms with Gasteiger partial charge in [0.05, 0.1) is 11.7 Å². The number of aromatic hydroxyl groups is 1. The molecule has 0 aliphatic carbocycles. The van der Waals surface area contributed by atoms with E-state index in [1.807, 2.05) is 6.92 Å². The molecule has 3 nitrogen and oxygen atoms in total. The smallest absolute Gasteiger partial charge is 0.258 e. The van der Waals surface area contributed by atoms with Crippen molar-refractivity contribution in [1.82, 2.24) is 0 Å². The number of benzene rings is 3. The molecule has 0 saturated carbocycles. The monoisotopic (exact) mass is 435 g/mol. The lowest BCUT2D eigenvalue weighted by atomic mass is 9.88. The molecule has 0 bridgehead atoms. The zero-order valence-corrected chi connectivity index (χ0v) is 18.4. The number of hydrogen-bond donors (Lipinski definition) is 1. The van der Waals surface area contributed by atoms with Crippen LogP contribution in [0.3, 0.4) is 0 Å². The van der Waals surface area contributed by atoms with Crippen molar-refractivity contribution in [1.29, 1.82) is 0 Å². The van der Waals surface area contributed by atoms with Gasteiger partial charge < -0.3 is 10.0 Å². The molecule has 0 aromatic heterocycles. The van der Waals surface area contributed by atoms with Gasteiger partial charge in [0, 0.05) is 11.1 Å². The molecule has 0 fully saturated rings. The highest BCUT2D eigenvalue weighted by molar-refractivity contribution is 6.10. The molecule has 4 rings (SSSR count). The fourth-order valence-electron chi connectivity index (χ4n) is 4.49. The van der Waals surface area contributed by atoms with Crippen molar-refractivity contribution in [2.45, 2.75) is 52.0 Å². The molecule has 0 unspecified atom stereocenters. The average molecular weight is 436 g/mol. The van der Waals surface area contributed by atoms with Crippen LogP contribution in [0.5, 0.6) is 5.75 Å². The molecule has 3 aromatic carbocycles. The number of unbranched alkanes of at least 4 members (excludes halogenated alkanes) is 3. The van der Waals surface area contributed by atoms with Crippen LogP contribution >= 0.6 is 0 Å². The Bertz CT molecular complexity index is 1160. The fourth-order valence-corrected chi connectivity index (χ4v) is 4.49. The normalized spacial score (nSPS) is 14.8. The SMILES string of the molecule is CCCCCCc1cc(C(=O)N2c3cc(F)ccc3-c3ccc(F)cc3[C@@H]2C)ccc1O. The van der Waals surface area contributed by atoms with E-state index in [4.69, 9.17) is 0 Å². The number of halogens is 2. The maximum atomic E-state index is 14.2. The van der Waals surface area contributed by atoms with Crippen LogP contribution in [0.25, 0.3) is 11.1 Å². The first kappa shape index (κ1) is 22.0. The third-order valence-corrected chi connectivity index (χ3v) is 6.21. The van der Waals surface area contributed by atoms with Crippen molar-refractivity contribution >= 4 is 11.6 Å². The molecule has 1 heterocycles. The summed E-state index contributed by atoms with van der Waals surface area (Å²) in [7, 11) is 0. The number of fused-ring (bicyclic) bond motifs is 3. The molecule has 1 aliphatic heterocycles. The molecule has 3 aromatic rings. The summed E-state index contributed by atoms with van der Waals surface area (Å²) in [6, 6.07) is 13.2. The summed E-state index contributed by atoms with van der Waals surface area (Å²) in [5.41, 5.74) is 3.75. The summed E-state index contributed by atoms with van der Waals surface area (Å²) < 4.78 is 28.2. The standard InChI is InChI=1S/C27H27F2NO2/c1-3-4-5-6-7-18-14-19(8-13-26(18)31)27(32)30-17(2)24-15-20(28)9-11-22(24)23-12-10-21(29)16-25(23)30/h8-17,31H,3-7H2,1-2H3/t17-/m0/s1. The van der Waals surface area contributed by atoms with Crippen LogP contribution in [0.15, 0.2) is 54.6 Å². The molecule has 0 spiro atoms. The van der Waals surface area contributed by atoms with Gasteiger partial charge in [-0.05, 0) is 85.0 Å². The number of phenolic OH excluding ortho intramolecular Hbond substituents is 1. The van der Waals surface area contributed by atoms with Crippen molar-refractivity contribution in [2.24, 2.45) is 0 Å². The quantitative estimate of drug-likeness (QED) is 0.417. The van der Waals surface area contributed by atoms with E-state index in [0.717, 1.165) is 36.8 Å². The van der Waals surface area contributed by atoms with Crippen LogP contribution < -0.4 is 4.90 Å². The Balaban J connectivity index is 1.73. The molecule has 166 valence electrons. The van der Waals surface area contributed by atoms with E-state index in [9.17, 15) is 18.7 Å². The molecule has 5 heteroatoms. The second-order valence-corrected chi connectivity index (χ2v) is 8.40. The van der Waals surface area contributed by atoms with Gasteiger partial charge in [-0.2, -0.15) is 0 Å². The molecular weight excluding hydrogens is 408 g/mol. The van der Waals surface area contributed by atoms with E-state index in [1.54, 1.807) is 24.3 Å². The Hall–Kier alpha value is -3.21. The van der Waals surface area contributed by atoms with Crippen LogP contribution in [0.2, 0.25) is 0 Å². The molecular formula is C27H27F2NO2. The van der Waals surface area contributed by atoms with Gasteiger partial charge in [0.25, 0.3) is 5.91 Å². The number of phenols is 1. The zero-order valence-electron chi connectivity index (χ0n) is 18.4. The maximum absolute atomic E-state index is 14.2. The van der Waals surface area contributed by atoms with Gasteiger partial charge >= 0.3 is 0 Å². The van der Waals surface area contributed by atoms with Crippen LogP contribution in [-0.4, -0.2) is 11.0 Å². The first-order chi connectivity index (χ1) is 15.4. The summed E-state index contributed by atoms with van der Waals surface area (Å²) in [5, 5.41) is 10.3. The lowest BCUT2D eigenvalue weighted by Gasteiger charge is -2.37. The number of amides is 1. The van der Waals surface area contributed by atoms with E-state index in [1.165, 1.54) is 35.2 Å². The Morgan fingerprint density at radius 3 is 2.41 bits per heavy atom. The van der Waals surface area contributed by atoms with Crippen molar-refractivity contribution in [2.75, 3.05) is 4.90 Å². The molecule has 0 saturated heterocycles. The van der Waals surface area contributed by atoms with Crippen LogP contribution in [-0.2, 0) is 6.42 Å². The van der Waals surface area contributed by atoms with E-state index in [0.29, 0.717) is 28.8 Å². The van der Waals surface area contributed by atoms with Gasteiger partial charge in [-0.25, -0.2) is 8.78 Å². The molecule has 1 N–H and O–H groups in total. The topological polar surface area (TPSA) is 40.5 Å². The van der Waals surface area contributed by atoms with Gasteiger partial charge in [0.1, 0.15) is 17.4 Å². The van der Waals surface area contributed by atoms with Crippen molar-refractivity contribution in [3.8, 4) is 16.9 Å². The second kappa shape index (κ2) is 9.11. The lowest BCUT2D eigenvalue weighted by molar-refractivity contribution is 0.0977. The van der Waals surface area contributed by atoms with Gasteiger partial charge in [0.15, 0.2) is 0 Å². The number of nitrogens with zero attached hydrogens (tertiary/aromatic N) is 1. The summed E-state index contributed by atoms with van der Waals surface area (Å²) in [6.45, 7) is 3.96. The molecule has 0 radical (unpaired) electrons. The predicted molar refractivity (Wildman–Crippen MR) is 123 cm³/mol. The van der Waals surface area contributed by atoms with Crippen molar-refractivity contribution in [3.05, 3.63) is 82.9 Å². The van der Waals surface area contributed by atoms with Gasteiger partial charge in [0.2, 0.25) is 0 Å². The van der Waals surface area contributed by atoms with Crippen LogP contribution in [0.4, 0.5) is 14.5 Å². The van der Waals surface area contributed by atoms with Crippen molar-refractivity contribution in [3.63, 3.8) is 0 Å². The summed E-state index contributed by atoms with van der Waals surface area (Å²) in [4.78, 5) is 15.2. The number of hydrogen-bond acceptors (Lipinski definition) is 2. The highest BCUT2D eigenvalue weighted by Gasteiger charge is 2.33. The number of rotatable bonds is 6. The highest BCUT2D eigenvalue weighted by Crippen LogP contribution is 2.45.